The summed E-state index contributed by atoms with van der Waals surface area (Å²) >= 11 is 0. The lowest BCUT2D eigenvalue weighted by molar-refractivity contribution is 0.303. The summed E-state index contributed by atoms with van der Waals surface area (Å²) in [6, 6.07) is 13.9. The van der Waals surface area contributed by atoms with E-state index in [1.807, 2.05) is 24.3 Å². The van der Waals surface area contributed by atoms with Crippen LogP contribution in [0.3, 0.4) is 0 Å². The van der Waals surface area contributed by atoms with Crippen LogP contribution in [-0.4, -0.2) is 5.84 Å². The van der Waals surface area contributed by atoms with E-state index in [0.29, 0.717) is 12.5 Å². The summed E-state index contributed by atoms with van der Waals surface area (Å²) in [6.45, 7) is 6.92. The largest absolute Gasteiger partial charge is 0.489 e. The van der Waals surface area contributed by atoms with Crippen molar-refractivity contribution in [3.63, 3.8) is 0 Å². The molecule has 0 aliphatic rings. The first kappa shape index (κ1) is 15.1. The summed E-state index contributed by atoms with van der Waals surface area (Å²) in [6.07, 6.45) is 0. The van der Waals surface area contributed by atoms with Gasteiger partial charge in [0.25, 0.3) is 0 Å². The Labute approximate surface area is 126 Å². The molecule has 0 unspecified atom stereocenters. The van der Waals surface area contributed by atoms with Crippen molar-refractivity contribution in [2.75, 3.05) is 0 Å². The Morgan fingerprint density at radius 3 is 2.38 bits per heavy atom. The van der Waals surface area contributed by atoms with Gasteiger partial charge in [-0.15, -0.1) is 0 Å². The molecule has 2 rings (SSSR count). The summed E-state index contributed by atoms with van der Waals surface area (Å²) in [5, 5.41) is 7.38. The highest BCUT2D eigenvalue weighted by Crippen LogP contribution is 2.25. The molecule has 3 N–H and O–H groups in total. The van der Waals surface area contributed by atoms with Crippen LogP contribution in [0.1, 0.15) is 42.0 Å². The summed E-state index contributed by atoms with van der Waals surface area (Å²) in [5.41, 5.74) is 9.66. The second-order valence-electron chi connectivity index (χ2n) is 5.58. The van der Waals surface area contributed by atoms with Crippen LogP contribution in [0, 0.1) is 12.3 Å². The van der Waals surface area contributed by atoms with E-state index in [9.17, 15) is 0 Å². The fraction of sp³-hybridized carbons (Fsp3) is 0.278. The van der Waals surface area contributed by atoms with Crippen LogP contribution in [0.5, 0.6) is 5.75 Å². The second-order valence-corrected chi connectivity index (χ2v) is 5.58. The van der Waals surface area contributed by atoms with Crippen molar-refractivity contribution in [2.45, 2.75) is 33.3 Å². The highest BCUT2D eigenvalue weighted by molar-refractivity contribution is 5.94. The molecule has 0 aromatic heterocycles. The molecular weight excluding hydrogens is 260 g/mol. The van der Waals surface area contributed by atoms with Crippen molar-refractivity contribution in [1.82, 2.24) is 0 Å². The van der Waals surface area contributed by atoms with Crippen LogP contribution in [0.2, 0.25) is 0 Å². The van der Waals surface area contributed by atoms with Crippen LogP contribution < -0.4 is 10.5 Å². The Morgan fingerprint density at radius 1 is 1.14 bits per heavy atom. The summed E-state index contributed by atoms with van der Waals surface area (Å²) in [4.78, 5) is 0. The number of hydrogen-bond donors (Lipinski definition) is 2. The van der Waals surface area contributed by atoms with E-state index in [1.54, 1.807) is 0 Å². The van der Waals surface area contributed by atoms with Gasteiger partial charge in [-0.05, 0) is 35.6 Å². The van der Waals surface area contributed by atoms with Crippen molar-refractivity contribution in [3.05, 3.63) is 64.7 Å². The van der Waals surface area contributed by atoms with E-state index in [2.05, 4.69) is 39.0 Å². The van der Waals surface area contributed by atoms with Crippen LogP contribution in [0.15, 0.2) is 42.5 Å². The molecule has 0 saturated heterocycles. The van der Waals surface area contributed by atoms with Gasteiger partial charge in [0.2, 0.25) is 0 Å². The van der Waals surface area contributed by atoms with E-state index in [0.717, 1.165) is 22.4 Å². The van der Waals surface area contributed by atoms with Crippen molar-refractivity contribution in [1.29, 1.82) is 5.41 Å². The van der Waals surface area contributed by atoms with E-state index in [4.69, 9.17) is 15.9 Å². The molecular formula is C18H22N2O. The number of ether oxygens (including phenoxy) is 1. The van der Waals surface area contributed by atoms with Gasteiger partial charge in [0.05, 0.1) is 0 Å². The minimum Gasteiger partial charge on any atom is -0.489 e. The van der Waals surface area contributed by atoms with Crippen LogP contribution in [-0.2, 0) is 6.61 Å². The lowest BCUT2D eigenvalue weighted by Crippen LogP contribution is -2.10. The first-order valence-corrected chi connectivity index (χ1v) is 7.14. The smallest absolute Gasteiger partial charge is 0.122 e. The maximum atomic E-state index is 7.38. The molecule has 0 saturated carbocycles. The quantitative estimate of drug-likeness (QED) is 0.643. The predicted octanol–water partition coefficient (Wildman–Crippen LogP) is 3.98. The summed E-state index contributed by atoms with van der Waals surface area (Å²) in [5.74, 6) is 1.50. The number of rotatable bonds is 5. The van der Waals surface area contributed by atoms with Gasteiger partial charge in [0.15, 0.2) is 0 Å². The first-order chi connectivity index (χ1) is 9.97. The molecule has 0 amide bonds. The van der Waals surface area contributed by atoms with E-state index < -0.39 is 0 Å². The topological polar surface area (TPSA) is 59.1 Å². The zero-order valence-corrected chi connectivity index (χ0v) is 12.8. The van der Waals surface area contributed by atoms with Gasteiger partial charge in [-0.3, -0.25) is 5.41 Å². The lowest BCUT2D eigenvalue weighted by Gasteiger charge is -2.13. The van der Waals surface area contributed by atoms with Gasteiger partial charge in [-0.25, -0.2) is 0 Å². The van der Waals surface area contributed by atoms with Crippen molar-refractivity contribution in [2.24, 2.45) is 5.73 Å². The Kier molecular flexibility index (Phi) is 4.63. The Morgan fingerprint density at radius 2 is 1.81 bits per heavy atom. The van der Waals surface area contributed by atoms with E-state index in [1.165, 1.54) is 5.56 Å². The fourth-order valence-corrected chi connectivity index (χ4v) is 2.07. The van der Waals surface area contributed by atoms with Crippen molar-refractivity contribution in [3.8, 4) is 5.75 Å². The maximum absolute atomic E-state index is 7.38. The number of nitrogens with two attached hydrogens (primary N) is 1. The monoisotopic (exact) mass is 282 g/mol. The minimum atomic E-state index is 0.0861. The third-order valence-corrected chi connectivity index (χ3v) is 3.54. The number of hydrogen-bond acceptors (Lipinski definition) is 2. The first-order valence-electron chi connectivity index (χ1n) is 7.14. The average Bonchev–Trinajstić information content (AvgIpc) is 2.46. The normalized spacial score (nSPS) is 10.7. The molecule has 110 valence electrons. The Bertz CT molecular complexity index is 630. The zero-order valence-electron chi connectivity index (χ0n) is 12.8. The number of benzene rings is 2. The fourth-order valence-electron chi connectivity index (χ4n) is 2.07. The van der Waals surface area contributed by atoms with Gasteiger partial charge in [0, 0.05) is 5.56 Å². The molecule has 0 bridgehead atoms. The Balaban J connectivity index is 2.08. The Hall–Kier alpha value is -2.29. The molecule has 0 heterocycles. The number of aryl methyl sites for hydroxylation is 1. The third-order valence-electron chi connectivity index (χ3n) is 3.54. The summed E-state index contributed by atoms with van der Waals surface area (Å²) in [7, 11) is 0. The molecule has 0 spiro atoms. The van der Waals surface area contributed by atoms with Gasteiger partial charge >= 0.3 is 0 Å². The van der Waals surface area contributed by atoms with Crippen LogP contribution in [0.25, 0.3) is 0 Å². The highest BCUT2D eigenvalue weighted by atomic mass is 16.5. The second kappa shape index (κ2) is 6.44. The zero-order chi connectivity index (χ0) is 15.4. The van der Waals surface area contributed by atoms with Crippen molar-refractivity contribution < 1.29 is 4.74 Å². The predicted molar refractivity (Wildman–Crippen MR) is 87.1 cm³/mol. The maximum Gasteiger partial charge on any atom is 0.122 e. The molecule has 0 fully saturated rings. The van der Waals surface area contributed by atoms with E-state index >= 15 is 0 Å². The third kappa shape index (κ3) is 3.85. The number of nitrogen functional groups attached to an aromatic ring is 1. The van der Waals surface area contributed by atoms with Gasteiger partial charge in [-0.1, -0.05) is 50.2 Å². The van der Waals surface area contributed by atoms with Gasteiger partial charge in [0.1, 0.15) is 18.2 Å². The minimum absolute atomic E-state index is 0.0861. The van der Waals surface area contributed by atoms with Gasteiger partial charge in [-0.2, -0.15) is 0 Å². The number of nitrogens with one attached hydrogen (secondary N) is 1. The standard InChI is InChI=1S/C18H22N2O/c1-12(2)16-7-4-13(3)17(10-16)21-11-14-5-8-15(9-6-14)18(19)20/h4-10,12H,11H2,1-3H3,(H3,19,20). The van der Waals surface area contributed by atoms with Crippen LogP contribution in [0.4, 0.5) is 0 Å². The molecule has 0 aliphatic heterocycles. The van der Waals surface area contributed by atoms with E-state index in [-0.39, 0.29) is 5.84 Å². The summed E-state index contributed by atoms with van der Waals surface area (Å²) < 4.78 is 5.93. The molecule has 0 aliphatic carbocycles. The molecule has 3 nitrogen and oxygen atoms in total. The molecule has 21 heavy (non-hydrogen) atoms. The van der Waals surface area contributed by atoms with Crippen molar-refractivity contribution >= 4 is 5.84 Å². The molecule has 0 radical (unpaired) electrons. The van der Waals surface area contributed by atoms with Gasteiger partial charge < -0.3 is 10.5 Å². The highest BCUT2D eigenvalue weighted by Gasteiger charge is 2.05. The molecule has 2 aromatic rings. The average molecular weight is 282 g/mol. The number of amidine groups is 1. The molecule has 3 heteroatoms. The molecule has 0 atom stereocenters. The van der Waals surface area contributed by atoms with Crippen LogP contribution >= 0.6 is 0 Å². The SMILES string of the molecule is Cc1ccc(C(C)C)cc1OCc1ccc(C(=N)N)cc1. The molecule has 2 aromatic carbocycles. The lowest BCUT2D eigenvalue weighted by atomic mass is 10.0.